The summed E-state index contributed by atoms with van der Waals surface area (Å²) in [5, 5.41) is 10.3. The molecule has 45 heavy (non-hydrogen) atoms. The number of carbonyl (C=O) groups is 2. The van der Waals surface area contributed by atoms with E-state index < -0.39 is 41.5 Å². The van der Waals surface area contributed by atoms with E-state index in [2.05, 4.69) is 12.1 Å². The minimum Gasteiger partial charge on any atom is -0.480 e. The van der Waals surface area contributed by atoms with Crippen LogP contribution < -0.4 is 4.90 Å². The van der Waals surface area contributed by atoms with Gasteiger partial charge in [-0.1, -0.05) is 24.3 Å². The first-order chi connectivity index (χ1) is 21.7. The number of aryl methyl sites for hydroxylation is 2. The van der Waals surface area contributed by atoms with Gasteiger partial charge in [-0.3, -0.25) is 14.5 Å². The Hall–Kier alpha value is -3.89. The maximum absolute atomic E-state index is 15.1. The molecule has 3 aliphatic rings. The van der Waals surface area contributed by atoms with Crippen LogP contribution in [0.2, 0.25) is 0 Å². The highest BCUT2D eigenvalue weighted by Crippen LogP contribution is 2.38. The molecular weight excluding hydrogens is 583 g/mol. The van der Waals surface area contributed by atoms with Gasteiger partial charge in [0, 0.05) is 57.5 Å². The van der Waals surface area contributed by atoms with Crippen molar-refractivity contribution in [2.75, 3.05) is 51.3 Å². The number of hydrogen-bond acceptors (Lipinski definition) is 5. The van der Waals surface area contributed by atoms with Crippen molar-refractivity contribution in [2.45, 2.75) is 43.7 Å². The lowest BCUT2D eigenvalue weighted by Gasteiger charge is -2.44. The molecule has 0 bridgehead atoms. The second-order valence-electron chi connectivity index (χ2n) is 12.4. The number of fused-ring (bicyclic) bond motifs is 1. The van der Waals surface area contributed by atoms with Gasteiger partial charge in [0.15, 0.2) is 0 Å². The number of hydrogen-bond donors (Lipinski definition) is 1. The van der Waals surface area contributed by atoms with Gasteiger partial charge in [0.1, 0.15) is 23.5 Å². The molecule has 0 radical (unpaired) electrons. The van der Waals surface area contributed by atoms with Gasteiger partial charge in [-0.15, -0.1) is 0 Å². The van der Waals surface area contributed by atoms with E-state index in [4.69, 9.17) is 4.74 Å². The number of nitrogens with zero attached hydrogens (tertiary/aromatic N) is 3. The minimum atomic E-state index is -0.913. The maximum atomic E-state index is 15.1. The predicted octanol–water partition coefficient (Wildman–Crippen LogP) is 4.67. The Morgan fingerprint density at radius 2 is 1.67 bits per heavy atom. The Labute approximate surface area is 261 Å². The van der Waals surface area contributed by atoms with E-state index >= 15 is 4.39 Å². The average Bonchev–Trinajstić information content (AvgIpc) is 3.67. The largest absolute Gasteiger partial charge is 0.480 e. The summed E-state index contributed by atoms with van der Waals surface area (Å²) in [6.45, 7) is 1.72. The first-order valence-electron chi connectivity index (χ1n) is 15.5. The van der Waals surface area contributed by atoms with Gasteiger partial charge in [0.25, 0.3) is 0 Å². The number of benzene rings is 3. The molecule has 4 atom stereocenters. The number of piperazine rings is 1. The number of carboxylic acid groups (broad SMARTS) is 1. The van der Waals surface area contributed by atoms with Crippen LogP contribution in [0.5, 0.6) is 0 Å². The third-order valence-corrected chi connectivity index (χ3v) is 9.66. The second-order valence-corrected chi connectivity index (χ2v) is 12.4. The molecule has 238 valence electrons. The third kappa shape index (κ3) is 6.58. The zero-order chi connectivity index (χ0) is 31.7. The fraction of sp³-hybridized carbons (Fsp3) is 0.429. The van der Waals surface area contributed by atoms with Crippen molar-refractivity contribution in [1.29, 1.82) is 0 Å². The number of ether oxygens (including phenoxy) is 1. The summed E-state index contributed by atoms with van der Waals surface area (Å²) in [4.78, 5) is 32.4. The van der Waals surface area contributed by atoms with Crippen molar-refractivity contribution in [3.63, 3.8) is 0 Å². The predicted molar refractivity (Wildman–Crippen MR) is 164 cm³/mol. The number of carbonyl (C=O) groups excluding carboxylic acids is 1. The van der Waals surface area contributed by atoms with Crippen LogP contribution in [-0.4, -0.2) is 85.3 Å². The van der Waals surface area contributed by atoms with Crippen LogP contribution in [0.15, 0.2) is 60.7 Å². The van der Waals surface area contributed by atoms with E-state index in [1.54, 1.807) is 24.1 Å². The summed E-state index contributed by atoms with van der Waals surface area (Å²) in [5.74, 6) is -4.14. The number of aliphatic carboxylic acids is 1. The van der Waals surface area contributed by atoms with Crippen LogP contribution in [0.25, 0.3) is 0 Å². The van der Waals surface area contributed by atoms with Gasteiger partial charge in [-0.05, 0) is 78.3 Å². The standard InChI is InChI=1S/C35H38F3N3O4/c1-45-21-28-18-39(33(35(43)44)16-22-5-6-23-3-2-4-24(23)15-22)13-14-41(28)34(42)31-20-40(27-10-7-25(36)8-11-27)19-30(31)29-12-9-26(37)17-32(29)38/h5-12,15,17,28,30-31,33H,2-4,13-14,16,18-21H2,1H3,(H,43,44)/t28-,30+,31-,33?/m1/s1. The number of methoxy groups -OCH3 is 1. The van der Waals surface area contributed by atoms with Gasteiger partial charge in [-0.2, -0.15) is 0 Å². The van der Waals surface area contributed by atoms with Gasteiger partial charge >= 0.3 is 5.97 Å². The van der Waals surface area contributed by atoms with Crippen molar-refractivity contribution < 1.29 is 32.6 Å². The lowest BCUT2D eigenvalue weighted by molar-refractivity contribution is -0.148. The molecule has 10 heteroatoms. The lowest BCUT2D eigenvalue weighted by atomic mass is 9.87. The number of amides is 1. The Kier molecular flexibility index (Phi) is 9.14. The molecule has 1 amide bonds. The van der Waals surface area contributed by atoms with Crippen LogP contribution in [0.3, 0.4) is 0 Å². The lowest BCUT2D eigenvalue weighted by Crippen LogP contribution is -2.61. The summed E-state index contributed by atoms with van der Waals surface area (Å²) >= 11 is 0. The van der Waals surface area contributed by atoms with Crippen LogP contribution in [-0.2, 0) is 33.6 Å². The molecule has 2 saturated heterocycles. The van der Waals surface area contributed by atoms with E-state index in [1.165, 1.54) is 35.4 Å². The Morgan fingerprint density at radius 3 is 2.40 bits per heavy atom. The molecule has 1 aliphatic carbocycles. The molecule has 3 aromatic rings. The highest BCUT2D eigenvalue weighted by molar-refractivity contribution is 5.82. The zero-order valence-corrected chi connectivity index (χ0v) is 25.3. The molecule has 6 rings (SSSR count). The maximum Gasteiger partial charge on any atom is 0.321 e. The third-order valence-electron chi connectivity index (χ3n) is 9.66. The number of rotatable bonds is 9. The smallest absolute Gasteiger partial charge is 0.321 e. The molecule has 2 aliphatic heterocycles. The molecular formula is C35H38F3N3O4. The van der Waals surface area contributed by atoms with E-state index in [0.717, 1.165) is 30.9 Å². The van der Waals surface area contributed by atoms with Gasteiger partial charge < -0.3 is 19.6 Å². The first-order valence-corrected chi connectivity index (χ1v) is 15.5. The summed E-state index contributed by atoms with van der Waals surface area (Å²) < 4.78 is 48.1. The zero-order valence-electron chi connectivity index (χ0n) is 25.3. The molecule has 0 saturated carbocycles. The van der Waals surface area contributed by atoms with Crippen molar-refractivity contribution in [3.05, 3.63) is 100 Å². The first kappa shape index (κ1) is 31.1. The summed E-state index contributed by atoms with van der Waals surface area (Å²) in [6.07, 6.45) is 3.55. The highest BCUT2D eigenvalue weighted by atomic mass is 19.1. The van der Waals surface area contributed by atoms with Crippen molar-refractivity contribution >= 4 is 17.6 Å². The van der Waals surface area contributed by atoms with Crippen LogP contribution in [0.4, 0.5) is 18.9 Å². The fourth-order valence-corrected chi connectivity index (χ4v) is 7.38. The van der Waals surface area contributed by atoms with Crippen LogP contribution in [0, 0.1) is 23.4 Å². The Balaban J connectivity index is 1.23. The minimum absolute atomic E-state index is 0.194. The molecule has 7 nitrogen and oxygen atoms in total. The second kappa shape index (κ2) is 13.2. The monoisotopic (exact) mass is 621 g/mol. The average molecular weight is 622 g/mol. The van der Waals surface area contributed by atoms with Gasteiger partial charge in [-0.25, -0.2) is 13.2 Å². The van der Waals surface area contributed by atoms with E-state index in [0.29, 0.717) is 31.7 Å². The highest BCUT2D eigenvalue weighted by Gasteiger charge is 2.45. The molecule has 2 heterocycles. The van der Waals surface area contributed by atoms with Gasteiger partial charge in [0.05, 0.1) is 18.6 Å². The number of halogens is 3. The normalized spacial score (nSPS) is 22.4. The molecule has 1 unspecified atom stereocenters. The summed E-state index contributed by atoms with van der Waals surface area (Å²) in [7, 11) is 1.54. The van der Waals surface area contributed by atoms with Crippen molar-refractivity contribution in [2.24, 2.45) is 5.92 Å². The number of carboxylic acids is 1. The van der Waals surface area contributed by atoms with Crippen molar-refractivity contribution in [1.82, 2.24) is 9.80 Å². The van der Waals surface area contributed by atoms with Crippen molar-refractivity contribution in [3.8, 4) is 0 Å². The molecule has 0 spiro atoms. The van der Waals surface area contributed by atoms with E-state index in [1.807, 2.05) is 15.9 Å². The molecule has 0 aromatic heterocycles. The fourth-order valence-electron chi connectivity index (χ4n) is 7.38. The van der Waals surface area contributed by atoms with E-state index in [9.17, 15) is 23.5 Å². The SMILES string of the molecule is COC[C@H]1CN(C(Cc2ccc3c(c2)CCC3)C(=O)O)CCN1C(=O)[C@@H]1CN(c2ccc(F)cc2)C[C@H]1c1ccc(F)cc1F. The van der Waals surface area contributed by atoms with Gasteiger partial charge in [0.2, 0.25) is 5.91 Å². The van der Waals surface area contributed by atoms with E-state index in [-0.39, 0.29) is 37.0 Å². The quantitative estimate of drug-likeness (QED) is 0.375. The summed E-state index contributed by atoms with van der Waals surface area (Å²) in [5.41, 5.74) is 4.57. The Bertz CT molecular complexity index is 1550. The van der Waals surface area contributed by atoms with Crippen LogP contribution in [0.1, 0.15) is 34.6 Å². The molecule has 2 fully saturated rings. The topological polar surface area (TPSA) is 73.3 Å². The molecule has 1 N–H and O–H groups in total. The van der Waals surface area contributed by atoms with Crippen LogP contribution >= 0.6 is 0 Å². The number of anilines is 1. The summed E-state index contributed by atoms with van der Waals surface area (Å²) in [6, 6.07) is 14.4. The molecule has 3 aromatic carbocycles. The Morgan fingerprint density at radius 1 is 0.911 bits per heavy atom.